The molecule has 0 aliphatic carbocycles. The molecule has 3 rings (SSSR count). The molecule has 0 atom stereocenters. The summed E-state index contributed by atoms with van der Waals surface area (Å²) in [5.41, 5.74) is 0.405. The van der Waals surface area contributed by atoms with Gasteiger partial charge in [-0.3, -0.25) is 24.6 Å². The van der Waals surface area contributed by atoms with Gasteiger partial charge in [0, 0.05) is 19.2 Å². The molecule has 3 N–H and O–H groups in total. The smallest absolute Gasteiger partial charge is 0.292 e. The van der Waals surface area contributed by atoms with Gasteiger partial charge in [0.25, 0.3) is 5.69 Å². The fourth-order valence-electron chi connectivity index (χ4n) is 2.44. The van der Waals surface area contributed by atoms with Crippen LogP contribution in [-0.4, -0.2) is 38.7 Å². The second-order valence-electron chi connectivity index (χ2n) is 5.47. The van der Waals surface area contributed by atoms with E-state index in [4.69, 9.17) is 12.2 Å². The number of hydrogen-bond donors (Lipinski definition) is 3. The first-order valence-corrected chi connectivity index (χ1v) is 9.28. The molecule has 3 aromatic rings. The van der Waals surface area contributed by atoms with Crippen LogP contribution in [0.2, 0.25) is 0 Å². The number of aromatic nitrogens is 3. The predicted molar refractivity (Wildman–Crippen MR) is 105 cm³/mol. The summed E-state index contributed by atoms with van der Waals surface area (Å²) in [6.07, 6.45) is 0. The maximum absolute atomic E-state index is 12.2. The molecule has 0 saturated heterocycles. The fraction of sp³-hybridized carbons (Fsp3) is 0.188. The molecule has 140 valence electrons. The van der Waals surface area contributed by atoms with Crippen molar-refractivity contribution in [3.8, 4) is 10.7 Å². The number of amides is 1. The minimum atomic E-state index is -0.451. The van der Waals surface area contributed by atoms with Crippen molar-refractivity contribution in [1.29, 1.82) is 0 Å². The van der Waals surface area contributed by atoms with Crippen molar-refractivity contribution in [2.75, 3.05) is 18.4 Å². The third kappa shape index (κ3) is 4.57. The maximum Gasteiger partial charge on any atom is 0.292 e. The Morgan fingerprint density at radius 1 is 1.30 bits per heavy atom. The molecule has 1 aromatic carbocycles. The molecule has 0 spiro atoms. The standard InChI is InChI=1S/C16H16N6O3S2/c23-14(10-21-15(19-20-16(21)26)13-6-3-9-27-13)18-8-7-17-11-4-1-2-5-12(11)22(24)25/h1-6,9,17H,7-8,10H2,(H,18,23)(H,20,26). The van der Waals surface area contributed by atoms with Crippen molar-refractivity contribution in [2.45, 2.75) is 6.54 Å². The number of aromatic amines is 1. The average molecular weight is 404 g/mol. The van der Waals surface area contributed by atoms with E-state index in [2.05, 4.69) is 20.8 Å². The lowest BCUT2D eigenvalue weighted by molar-refractivity contribution is -0.384. The van der Waals surface area contributed by atoms with E-state index in [9.17, 15) is 14.9 Å². The number of nitrogens with zero attached hydrogens (tertiary/aromatic N) is 3. The first-order chi connectivity index (χ1) is 13.1. The molecule has 27 heavy (non-hydrogen) atoms. The zero-order valence-electron chi connectivity index (χ0n) is 14.0. The number of benzene rings is 1. The Labute approximate surface area is 163 Å². The van der Waals surface area contributed by atoms with Crippen molar-refractivity contribution < 1.29 is 9.72 Å². The van der Waals surface area contributed by atoms with Crippen molar-refractivity contribution in [3.05, 3.63) is 56.7 Å². The number of nitrogens with one attached hydrogen (secondary N) is 3. The van der Waals surface area contributed by atoms with E-state index in [1.807, 2.05) is 17.5 Å². The van der Waals surface area contributed by atoms with Gasteiger partial charge in [-0.2, -0.15) is 5.10 Å². The molecule has 0 saturated carbocycles. The molecule has 1 amide bonds. The summed E-state index contributed by atoms with van der Waals surface area (Å²) >= 11 is 6.70. The van der Waals surface area contributed by atoms with Crippen LogP contribution >= 0.6 is 23.6 Å². The normalized spacial score (nSPS) is 10.5. The number of nitro groups is 1. The van der Waals surface area contributed by atoms with Gasteiger partial charge in [-0.15, -0.1) is 11.3 Å². The number of H-pyrrole nitrogens is 1. The number of anilines is 1. The first kappa shape index (κ1) is 18.7. The molecule has 11 heteroatoms. The highest BCUT2D eigenvalue weighted by molar-refractivity contribution is 7.71. The Hall–Kier alpha value is -3.05. The number of thiophene rings is 1. The monoisotopic (exact) mass is 404 g/mol. The van der Waals surface area contributed by atoms with E-state index < -0.39 is 4.92 Å². The van der Waals surface area contributed by atoms with Crippen molar-refractivity contribution >= 4 is 40.8 Å². The van der Waals surface area contributed by atoms with Crippen LogP contribution in [0.5, 0.6) is 0 Å². The number of nitro benzene ring substituents is 1. The van der Waals surface area contributed by atoms with Crippen LogP contribution in [0, 0.1) is 14.9 Å². The molecule has 2 heterocycles. The van der Waals surface area contributed by atoms with Gasteiger partial charge < -0.3 is 10.6 Å². The number of hydrogen-bond acceptors (Lipinski definition) is 7. The molecular formula is C16H16N6O3S2. The van der Waals surface area contributed by atoms with Crippen LogP contribution in [0.25, 0.3) is 10.7 Å². The SMILES string of the molecule is O=C(Cn1c(-c2cccs2)n[nH]c1=S)NCCNc1ccccc1[N+](=O)[O-]. The van der Waals surface area contributed by atoms with E-state index in [1.165, 1.54) is 17.4 Å². The molecule has 0 fully saturated rings. The van der Waals surface area contributed by atoms with Gasteiger partial charge in [0.1, 0.15) is 12.2 Å². The second kappa shape index (κ2) is 8.56. The third-order valence-corrected chi connectivity index (χ3v) is 4.84. The topological polar surface area (TPSA) is 118 Å². The number of rotatable bonds is 8. The predicted octanol–water partition coefficient (Wildman–Crippen LogP) is 2.81. The Bertz CT molecular complexity index is 996. The lowest BCUT2D eigenvalue weighted by Crippen LogP contribution is -2.32. The first-order valence-electron chi connectivity index (χ1n) is 7.99. The molecule has 0 aliphatic rings. The highest BCUT2D eigenvalue weighted by Gasteiger charge is 2.14. The minimum Gasteiger partial charge on any atom is -0.378 e. The summed E-state index contributed by atoms with van der Waals surface area (Å²) < 4.78 is 2.00. The van der Waals surface area contributed by atoms with Crippen LogP contribution in [0.1, 0.15) is 0 Å². The Morgan fingerprint density at radius 3 is 2.85 bits per heavy atom. The van der Waals surface area contributed by atoms with Gasteiger partial charge in [0.2, 0.25) is 5.91 Å². The van der Waals surface area contributed by atoms with Crippen LogP contribution in [0.3, 0.4) is 0 Å². The zero-order chi connectivity index (χ0) is 19.2. The van der Waals surface area contributed by atoms with E-state index in [0.717, 1.165) is 4.88 Å². The summed E-state index contributed by atoms with van der Waals surface area (Å²) in [5, 5.41) is 25.5. The van der Waals surface area contributed by atoms with Crippen molar-refractivity contribution in [3.63, 3.8) is 0 Å². The largest absolute Gasteiger partial charge is 0.378 e. The summed E-state index contributed by atoms with van der Waals surface area (Å²) in [6.45, 7) is 0.698. The summed E-state index contributed by atoms with van der Waals surface area (Å²) in [6, 6.07) is 10.2. The zero-order valence-corrected chi connectivity index (χ0v) is 15.7. The second-order valence-corrected chi connectivity index (χ2v) is 6.80. The molecule has 2 aromatic heterocycles. The molecular weight excluding hydrogens is 388 g/mol. The summed E-state index contributed by atoms with van der Waals surface area (Å²) in [7, 11) is 0. The molecule has 0 unspecified atom stereocenters. The van der Waals surface area contributed by atoms with Gasteiger partial charge in [-0.1, -0.05) is 18.2 Å². The summed E-state index contributed by atoms with van der Waals surface area (Å²) in [4.78, 5) is 23.7. The van der Waals surface area contributed by atoms with Gasteiger partial charge in [0.05, 0.1) is 9.80 Å². The van der Waals surface area contributed by atoms with Crippen molar-refractivity contribution in [1.82, 2.24) is 20.1 Å². The van der Waals surface area contributed by atoms with Crippen LogP contribution in [-0.2, 0) is 11.3 Å². The highest BCUT2D eigenvalue weighted by Crippen LogP contribution is 2.23. The lowest BCUT2D eigenvalue weighted by Gasteiger charge is -2.09. The minimum absolute atomic E-state index is 0.00545. The highest BCUT2D eigenvalue weighted by atomic mass is 32.1. The van der Waals surface area contributed by atoms with Crippen LogP contribution in [0.15, 0.2) is 41.8 Å². The number of carbonyl (C=O) groups excluding carboxylic acids is 1. The number of carbonyl (C=O) groups is 1. The molecule has 0 bridgehead atoms. The Balaban J connectivity index is 1.54. The summed E-state index contributed by atoms with van der Waals surface area (Å²) in [5.74, 6) is 0.387. The van der Waals surface area contributed by atoms with Crippen LogP contribution in [0.4, 0.5) is 11.4 Å². The average Bonchev–Trinajstić information content (AvgIpc) is 3.29. The van der Waals surface area contributed by atoms with Gasteiger partial charge in [-0.05, 0) is 29.7 Å². The maximum atomic E-state index is 12.2. The number of para-hydroxylation sites is 2. The molecule has 0 radical (unpaired) electrons. The van der Waals surface area contributed by atoms with Gasteiger partial charge in [-0.25, -0.2) is 0 Å². The molecule has 0 aliphatic heterocycles. The Morgan fingerprint density at radius 2 is 2.11 bits per heavy atom. The van der Waals surface area contributed by atoms with E-state index in [0.29, 0.717) is 29.4 Å². The quantitative estimate of drug-likeness (QED) is 0.230. The van der Waals surface area contributed by atoms with Crippen molar-refractivity contribution in [2.24, 2.45) is 0 Å². The van der Waals surface area contributed by atoms with E-state index in [-0.39, 0.29) is 18.1 Å². The fourth-order valence-corrected chi connectivity index (χ4v) is 3.36. The lowest BCUT2D eigenvalue weighted by atomic mass is 10.2. The van der Waals surface area contributed by atoms with Gasteiger partial charge in [0.15, 0.2) is 10.6 Å². The Kier molecular flexibility index (Phi) is 5.94. The van der Waals surface area contributed by atoms with Gasteiger partial charge >= 0.3 is 0 Å². The molecule has 9 nitrogen and oxygen atoms in total. The third-order valence-electron chi connectivity index (χ3n) is 3.66. The van der Waals surface area contributed by atoms with Crippen LogP contribution < -0.4 is 10.6 Å². The van der Waals surface area contributed by atoms with E-state index in [1.54, 1.807) is 22.8 Å². The van der Waals surface area contributed by atoms with E-state index >= 15 is 0 Å².